The van der Waals surface area contributed by atoms with Crippen molar-refractivity contribution in [3.05, 3.63) is 70.3 Å². The number of thioether (sulfide) groups is 1. The van der Waals surface area contributed by atoms with Crippen molar-refractivity contribution in [1.82, 2.24) is 29.3 Å². The van der Waals surface area contributed by atoms with Gasteiger partial charge in [-0.05, 0) is 31.0 Å². The normalized spacial score (nSPS) is 11.5. The highest BCUT2D eigenvalue weighted by atomic mass is 32.2. The fourth-order valence-corrected chi connectivity index (χ4v) is 4.40. The molecule has 3 heterocycles. The van der Waals surface area contributed by atoms with Crippen molar-refractivity contribution in [3.63, 3.8) is 0 Å². The number of fused-ring (bicyclic) bond motifs is 3. The first-order chi connectivity index (χ1) is 15.2. The molecule has 0 atom stereocenters. The van der Waals surface area contributed by atoms with Gasteiger partial charge in [0.05, 0.1) is 16.7 Å². The van der Waals surface area contributed by atoms with E-state index in [0.29, 0.717) is 40.3 Å². The van der Waals surface area contributed by atoms with Crippen LogP contribution in [0.1, 0.15) is 24.8 Å². The first kappa shape index (κ1) is 19.5. The Labute approximate surface area is 181 Å². The Bertz CT molecular complexity index is 1450. The average molecular weight is 433 g/mol. The highest BCUT2D eigenvalue weighted by Gasteiger charge is 2.18. The van der Waals surface area contributed by atoms with Crippen molar-refractivity contribution in [3.8, 4) is 11.4 Å². The molecule has 0 radical (unpaired) electrons. The van der Waals surface area contributed by atoms with Crippen LogP contribution in [0.5, 0.6) is 0 Å². The molecule has 0 aliphatic heterocycles. The molecule has 0 aliphatic rings. The molecule has 3 aromatic heterocycles. The first-order valence-corrected chi connectivity index (χ1v) is 11.0. The molecule has 0 unspecified atom stereocenters. The summed E-state index contributed by atoms with van der Waals surface area (Å²) in [6.07, 6.45) is 0.826. The summed E-state index contributed by atoms with van der Waals surface area (Å²) in [7, 11) is 0. The van der Waals surface area contributed by atoms with Gasteiger partial charge in [-0.3, -0.25) is 13.8 Å². The molecule has 0 fully saturated rings. The van der Waals surface area contributed by atoms with Gasteiger partial charge < -0.3 is 4.52 Å². The molecule has 0 saturated carbocycles. The van der Waals surface area contributed by atoms with E-state index in [1.807, 2.05) is 66.8 Å². The molecule has 0 bridgehead atoms. The van der Waals surface area contributed by atoms with Crippen molar-refractivity contribution in [2.24, 2.45) is 0 Å². The van der Waals surface area contributed by atoms with Crippen LogP contribution >= 0.6 is 11.8 Å². The largest absolute Gasteiger partial charge is 0.338 e. The number of hydrogen-bond donors (Lipinski definition) is 0. The van der Waals surface area contributed by atoms with Crippen LogP contribution in [0.15, 0.2) is 63.0 Å². The van der Waals surface area contributed by atoms with Crippen LogP contribution in [-0.2, 0) is 12.3 Å². The fraction of sp³-hybridized carbons (Fsp3) is 0.227. The molecule has 0 aliphatic carbocycles. The molecule has 31 heavy (non-hydrogen) atoms. The smallest absolute Gasteiger partial charge is 0.262 e. The Morgan fingerprint density at radius 3 is 2.71 bits per heavy atom. The standard InChI is InChI=1S/C22H20N6O2S/c1-3-12-27-20(29)16-10-6-7-11-17(16)28-21(27)24-25-22(28)31-13-18-23-19(26-30-18)15-9-5-4-8-14(15)2/h4-11H,3,12-13H2,1-2H3. The fourth-order valence-electron chi connectivity index (χ4n) is 3.63. The van der Waals surface area contributed by atoms with Crippen molar-refractivity contribution >= 4 is 28.4 Å². The van der Waals surface area contributed by atoms with Crippen LogP contribution < -0.4 is 5.56 Å². The predicted molar refractivity (Wildman–Crippen MR) is 119 cm³/mol. The molecule has 156 valence electrons. The third kappa shape index (κ3) is 3.40. The number of para-hydroxylation sites is 1. The van der Waals surface area contributed by atoms with E-state index in [4.69, 9.17) is 4.52 Å². The van der Waals surface area contributed by atoms with E-state index >= 15 is 0 Å². The molecule has 0 N–H and O–H groups in total. The molecule has 8 nitrogen and oxygen atoms in total. The molecule has 2 aromatic carbocycles. The lowest BCUT2D eigenvalue weighted by Gasteiger charge is -2.10. The van der Waals surface area contributed by atoms with E-state index in [2.05, 4.69) is 20.3 Å². The van der Waals surface area contributed by atoms with E-state index in [1.165, 1.54) is 11.8 Å². The number of benzene rings is 2. The Kier molecular flexibility index (Phi) is 5.03. The van der Waals surface area contributed by atoms with Gasteiger partial charge in [-0.2, -0.15) is 4.98 Å². The molecule has 5 rings (SSSR count). The van der Waals surface area contributed by atoms with E-state index in [9.17, 15) is 4.79 Å². The van der Waals surface area contributed by atoms with Gasteiger partial charge in [0.25, 0.3) is 5.56 Å². The van der Waals surface area contributed by atoms with Crippen LogP contribution in [0.3, 0.4) is 0 Å². The number of hydrogen-bond acceptors (Lipinski definition) is 7. The van der Waals surface area contributed by atoms with Crippen molar-refractivity contribution in [2.75, 3.05) is 0 Å². The molecular weight excluding hydrogens is 412 g/mol. The third-order valence-electron chi connectivity index (χ3n) is 5.10. The summed E-state index contributed by atoms with van der Waals surface area (Å²) in [6, 6.07) is 15.5. The quantitative estimate of drug-likeness (QED) is 0.373. The summed E-state index contributed by atoms with van der Waals surface area (Å²) >= 11 is 1.45. The monoisotopic (exact) mass is 432 g/mol. The molecule has 0 amide bonds. The number of aromatic nitrogens is 6. The minimum absolute atomic E-state index is 0.0475. The minimum Gasteiger partial charge on any atom is -0.338 e. The average Bonchev–Trinajstić information content (AvgIpc) is 3.43. The zero-order valence-corrected chi connectivity index (χ0v) is 18.0. The van der Waals surface area contributed by atoms with E-state index < -0.39 is 0 Å². The van der Waals surface area contributed by atoms with Gasteiger partial charge >= 0.3 is 0 Å². The number of rotatable bonds is 6. The van der Waals surface area contributed by atoms with Crippen molar-refractivity contribution in [2.45, 2.75) is 37.7 Å². The van der Waals surface area contributed by atoms with Crippen LogP contribution in [0.2, 0.25) is 0 Å². The van der Waals surface area contributed by atoms with Crippen LogP contribution in [0.25, 0.3) is 28.1 Å². The number of nitrogens with zero attached hydrogens (tertiary/aromatic N) is 6. The van der Waals surface area contributed by atoms with Crippen LogP contribution in [0.4, 0.5) is 0 Å². The number of aryl methyl sites for hydroxylation is 2. The second kappa shape index (κ2) is 7.99. The van der Waals surface area contributed by atoms with Crippen LogP contribution in [0, 0.1) is 6.92 Å². The Hall–Kier alpha value is -3.46. The highest BCUT2D eigenvalue weighted by molar-refractivity contribution is 7.98. The zero-order chi connectivity index (χ0) is 21.4. The summed E-state index contributed by atoms with van der Waals surface area (Å²) in [4.78, 5) is 17.5. The molecule has 0 saturated heterocycles. The van der Waals surface area contributed by atoms with Gasteiger partial charge in [-0.25, -0.2) is 0 Å². The summed E-state index contributed by atoms with van der Waals surface area (Å²) in [5.74, 6) is 2.06. The minimum atomic E-state index is -0.0475. The predicted octanol–water partition coefficient (Wildman–Crippen LogP) is 4.10. The van der Waals surface area contributed by atoms with Gasteiger partial charge in [0.15, 0.2) is 5.16 Å². The summed E-state index contributed by atoms with van der Waals surface area (Å²) in [6.45, 7) is 4.63. The second-order valence-corrected chi connectivity index (χ2v) is 8.15. The maximum absolute atomic E-state index is 12.9. The maximum atomic E-state index is 12.9. The highest BCUT2D eigenvalue weighted by Crippen LogP contribution is 2.26. The van der Waals surface area contributed by atoms with Gasteiger partial charge in [-0.1, -0.05) is 60.2 Å². The second-order valence-electron chi connectivity index (χ2n) is 7.21. The molecule has 5 aromatic rings. The van der Waals surface area contributed by atoms with Gasteiger partial charge in [0, 0.05) is 12.1 Å². The van der Waals surface area contributed by atoms with E-state index in [-0.39, 0.29) is 5.56 Å². The maximum Gasteiger partial charge on any atom is 0.262 e. The lowest BCUT2D eigenvalue weighted by Crippen LogP contribution is -2.23. The van der Waals surface area contributed by atoms with E-state index in [0.717, 1.165) is 23.1 Å². The molecular formula is C22H20N6O2S. The van der Waals surface area contributed by atoms with Crippen molar-refractivity contribution < 1.29 is 4.52 Å². The Morgan fingerprint density at radius 1 is 1.06 bits per heavy atom. The molecule has 9 heteroatoms. The lowest BCUT2D eigenvalue weighted by molar-refractivity contribution is 0.391. The molecule has 0 spiro atoms. The Morgan fingerprint density at radius 2 is 1.87 bits per heavy atom. The summed E-state index contributed by atoms with van der Waals surface area (Å²) in [5, 5.41) is 14.1. The van der Waals surface area contributed by atoms with Gasteiger partial charge in [0.1, 0.15) is 0 Å². The SMILES string of the molecule is CCCn1c(=O)c2ccccc2n2c(SCc3nc(-c4ccccc4C)no3)nnc12. The Balaban J connectivity index is 1.51. The topological polar surface area (TPSA) is 91.1 Å². The van der Waals surface area contributed by atoms with E-state index in [1.54, 1.807) is 4.57 Å². The van der Waals surface area contributed by atoms with Crippen LogP contribution in [-0.4, -0.2) is 29.3 Å². The summed E-state index contributed by atoms with van der Waals surface area (Å²) in [5.41, 5.74) is 2.78. The third-order valence-corrected chi connectivity index (χ3v) is 6.02. The zero-order valence-electron chi connectivity index (χ0n) is 17.1. The first-order valence-electron chi connectivity index (χ1n) is 10.1. The van der Waals surface area contributed by atoms with Gasteiger partial charge in [0.2, 0.25) is 17.5 Å². The lowest BCUT2D eigenvalue weighted by atomic mass is 10.1. The summed E-state index contributed by atoms with van der Waals surface area (Å²) < 4.78 is 9.07. The van der Waals surface area contributed by atoms with Crippen molar-refractivity contribution in [1.29, 1.82) is 0 Å². The van der Waals surface area contributed by atoms with Gasteiger partial charge in [-0.15, -0.1) is 10.2 Å².